The third kappa shape index (κ3) is 3.10. The summed E-state index contributed by atoms with van der Waals surface area (Å²) in [4.78, 5) is 0. The summed E-state index contributed by atoms with van der Waals surface area (Å²) in [6.07, 6.45) is 4.29. The molecule has 0 amide bonds. The molecule has 0 saturated heterocycles. The van der Waals surface area contributed by atoms with Crippen LogP contribution in [0.2, 0.25) is 0 Å². The number of hydrogen-bond acceptors (Lipinski definition) is 3. The quantitative estimate of drug-likeness (QED) is 0.885. The summed E-state index contributed by atoms with van der Waals surface area (Å²) >= 11 is 0. The van der Waals surface area contributed by atoms with Crippen molar-refractivity contribution in [2.75, 3.05) is 13.2 Å². The van der Waals surface area contributed by atoms with E-state index in [0.717, 1.165) is 29.9 Å². The monoisotopic (exact) mass is 261 g/mol. The Morgan fingerprint density at radius 2 is 2.26 bits per heavy atom. The Bertz CT molecular complexity index is 474. The largest absolute Gasteiger partial charge is 0.493 e. The van der Waals surface area contributed by atoms with Crippen LogP contribution in [0.3, 0.4) is 0 Å². The summed E-state index contributed by atoms with van der Waals surface area (Å²) in [5.41, 5.74) is 9.27. The molecule has 1 aliphatic rings. The Hall–Kier alpha value is -1.48. The lowest BCUT2D eigenvalue weighted by molar-refractivity contribution is 0.254. The van der Waals surface area contributed by atoms with E-state index in [1.165, 1.54) is 11.1 Å². The lowest BCUT2D eigenvalue weighted by Crippen LogP contribution is -2.05. The smallest absolute Gasteiger partial charge is 0.127 e. The Morgan fingerprint density at radius 1 is 1.47 bits per heavy atom. The summed E-state index contributed by atoms with van der Waals surface area (Å²) < 4.78 is 11.6. The van der Waals surface area contributed by atoms with Crippen molar-refractivity contribution in [2.45, 2.75) is 39.7 Å². The summed E-state index contributed by atoms with van der Waals surface area (Å²) in [5.74, 6) is 1.91. The van der Waals surface area contributed by atoms with Gasteiger partial charge >= 0.3 is 0 Å². The lowest BCUT2D eigenvalue weighted by Gasteiger charge is -2.11. The standard InChI is InChI=1S/C16H23NO2/c1-4-12(10-17)7-14-9-16-13(6-11(3)19-16)8-15(14)18-5-2/h7-9,11H,4-6,10,17H2,1-3H3. The second-order valence-corrected chi connectivity index (χ2v) is 4.92. The first-order valence-electron chi connectivity index (χ1n) is 7.03. The van der Waals surface area contributed by atoms with E-state index in [4.69, 9.17) is 15.2 Å². The first-order chi connectivity index (χ1) is 9.17. The first-order valence-corrected chi connectivity index (χ1v) is 7.03. The summed E-state index contributed by atoms with van der Waals surface area (Å²) in [7, 11) is 0. The molecule has 3 nitrogen and oxygen atoms in total. The van der Waals surface area contributed by atoms with Crippen LogP contribution in [0.15, 0.2) is 17.7 Å². The molecular formula is C16H23NO2. The van der Waals surface area contributed by atoms with Gasteiger partial charge in [0.05, 0.1) is 6.61 Å². The highest BCUT2D eigenvalue weighted by Gasteiger charge is 2.21. The van der Waals surface area contributed by atoms with Crippen LogP contribution in [0, 0.1) is 0 Å². The molecule has 0 saturated carbocycles. The maximum absolute atomic E-state index is 5.81. The Kier molecular flexibility index (Phi) is 4.48. The van der Waals surface area contributed by atoms with Gasteiger partial charge in [0.1, 0.15) is 17.6 Å². The summed E-state index contributed by atoms with van der Waals surface area (Å²) in [6, 6.07) is 4.19. The Balaban J connectivity index is 2.41. The number of ether oxygens (including phenoxy) is 2. The van der Waals surface area contributed by atoms with Gasteiger partial charge in [-0.25, -0.2) is 0 Å². The molecule has 0 bridgehead atoms. The lowest BCUT2D eigenvalue weighted by atomic mass is 10.0. The van der Waals surface area contributed by atoms with Gasteiger partial charge in [-0.2, -0.15) is 0 Å². The highest BCUT2D eigenvalue weighted by atomic mass is 16.5. The van der Waals surface area contributed by atoms with E-state index in [0.29, 0.717) is 13.2 Å². The molecule has 1 aliphatic heterocycles. The third-order valence-electron chi connectivity index (χ3n) is 3.40. The minimum absolute atomic E-state index is 0.254. The molecule has 1 unspecified atom stereocenters. The van der Waals surface area contributed by atoms with Gasteiger partial charge in [0.15, 0.2) is 0 Å². The molecule has 1 aromatic rings. The predicted molar refractivity (Wildman–Crippen MR) is 78.7 cm³/mol. The van der Waals surface area contributed by atoms with Crippen LogP contribution < -0.4 is 15.2 Å². The highest BCUT2D eigenvalue weighted by Crippen LogP contribution is 2.36. The van der Waals surface area contributed by atoms with Gasteiger partial charge in [-0.05, 0) is 32.4 Å². The van der Waals surface area contributed by atoms with Gasteiger partial charge < -0.3 is 15.2 Å². The van der Waals surface area contributed by atoms with Crippen LogP contribution in [0.25, 0.3) is 6.08 Å². The molecular weight excluding hydrogens is 238 g/mol. The summed E-state index contributed by atoms with van der Waals surface area (Å²) in [6.45, 7) is 7.46. The molecule has 3 heteroatoms. The van der Waals surface area contributed by atoms with Crippen LogP contribution in [-0.2, 0) is 6.42 Å². The van der Waals surface area contributed by atoms with E-state index in [1.807, 2.05) is 6.92 Å². The van der Waals surface area contributed by atoms with Crippen molar-refractivity contribution < 1.29 is 9.47 Å². The van der Waals surface area contributed by atoms with E-state index < -0.39 is 0 Å². The fourth-order valence-corrected chi connectivity index (χ4v) is 2.37. The van der Waals surface area contributed by atoms with Crippen LogP contribution >= 0.6 is 0 Å². The van der Waals surface area contributed by atoms with E-state index in [9.17, 15) is 0 Å². The van der Waals surface area contributed by atoms with E-state index in [-0.39, 0.29) is 6.10 Å². The highest BCUT2D eigenvalue weighted by molar-refractivity contribution is 5.64. The molecule has 0 fully saturated rings. The molecule has 1 atom stereocenters. The molecule has 104 valence electrons. The van der Waals surface area contributed by atoms with Crippen molar-refractivity contribution >= 4 is 6.08 Å². The minimum Gasteiger partial charge on any atom is -0.493 e. The zero-order chi connectivity index (χ0) is 13.8. The molecule has 2 rings (SSSR count). The zero-order valence-electron chi connectivity index (χ0n) is 12.0. The maximum Gasteiger partial charge on any atom is 0.127 e. The number of rotatable bonds is 5. The van der Waals surface area contributed by atoms with Gasteiger partial charge in [-0.3, -0.25) is 0 Å². The normalized spacial score (nSPS) is 18.1. The molecule has 19 heavy (non-hydrogen) atoms. The van der Waals surface area contributed by atoms with Gasteiger partial charge in [-0.1, -0.05) is 18.6 Å². The van der Waals surface area contributed by atoms with Crippen LogP contribution in [0.1, 0.15) is 38.3 Å². The maximum atomic E-state index is 5.81. The molecule has 0 spiro atoms. The SMILES string of the molecule is CCOc1cc2c(cc1C=C(CC)CN)OC(C)C2. The minimum atomic E-state index is 0.254. The number of benzene rings is 1. The Morgan fingerprint density at radius 3 is 2.89 bits per heavy atom. The number of fused-ring (bicyclic) bond motifs is 1. The average Bonchev–Trinajstić information content (AvgIpc) is 2.75. The zero-order valence-corrected chi connectivity index (χ0v) is 12.0. The van der Waals surface area contributed by atoms with Gasteiger partial charge in [0, 0.05) is 24.1 Å². The van der Waals surface area contributed by atoms with Crippen LogP contribution in [-0.4, -0.2) is 19.3 Å². The van der Waals surface area contributed by atoms with E-state index in [2.05, 4.69) is 32.1 Å². The van der Waals surface area contributed by atoms with Crippen molar-refractivity contribution in [3.05, 3.63) is 28.8 Å². The summed E-state index contributed by atoms with van der Waals surface area (Å²) in [5, 5.41) is 0. The second kappa shape index (κ2) is 6.11. The third-order valence-corrected chi connectivity index (χ3v) is 3.40. The molecule has 0 radical (unpaired) electrons. The van der Waals surface area contributed by atoms with Crippen LogP contribution in [0.4, 0.5) is 0 Å². The molecule has 0 aromatic heterocycles. The fourth-order valence-electron chi connectivity index (χ4n) is 2.37. The van der Waals surface area contributed by atoms with Gasteiger partial charge in [-0.15, -0.1) is 0 Å². The van der Waals surface area contributed by atoms with Crippen molar-refractivity contribution in [1.82, 2.24) is 0 Å². The predicted octanol–water partition coefficient (Wildman–Crippen LogP) is 3.16. The van der Waals surface area contributed by atoms with Crippen molar-refractivity contribution in [1.29, 1.82) is 0 Å². The topological polar surface area (TPSA) is 44.5 Å². The second-order valence-electron chi connectivity index (χ2n) is 4.92. The van der Waals surface area contributed by atoms with Crippen molar-refractivity contribution in [3.63, 3.8) is 0 Å². The van der Waals surface area contributed by atoms with Gasteiger partial charge in [0.25, 0.3) is 0 Å². The van der Waals surface area contributed by atoms with E-state index in [1.54, 1.807) is 0 Å². The number of hydrogen-bond donors (Lipinski definition) is 1. The Labute approximate surface area is 115 Å². The molecule has 1 aromatic carbocycles. The molecule has 1 heterocycles. The van der Waals surface area contributed by atoms with Crippen molar-refractivity contribution in [3.8, 4) is 11.5 Å². The van der Waals surface area contributed by atoms with Gasteiger partial charge in [0.2, 0.25) is 0 Å². The van der Waals surface area contributed by atoms with Crippen molar-refractivity contribution in [2.24, 2.45) is 5.73 Å². The fraction of sp³-hybridized carbons (Fsp3) is 0.500. The molecule has 0 aliphatic carbocycles. The average molecular weight is 261 g/mol. The first kappa shape index (κ1) is 13.9. The van der Waals surface area contributed by atoms with E-state index >= 15 is 0 Å². The number of nitrogens with two attached hydrogens (primary N) is 1. The molecule has 2 N–H and O–H groups in total. The van der Waals surface area contributed by atoms with Crippen LogP contribution in [0.5, 0.6) is 11.5 Å².